The van der Waals surface area contributed by atoms with E-state index in [9.17, 15) is 9.36 Å². The zero-order chi connectivity index (χ0) is 37.9. The Morgan fingerprint density at radius 2 is 1.70 bits per heavy atom. The van der Waals surface area contributed by atoms with Gasteiger partial charge in [0, 0.05) is 94.6 Å². The lowest BCUT2D eigenvalue weighted by Gasteiger charge is -2.37. The van der Waals surface area contributed by atoms with Crippen LogP contribution in [0.2, 0.25) is 0 Å². The van der Waals surface area contributed by atoms with E-state index in [-0.39, 0.29) is 17.3 Å². The number of carbonyl (C=O) groups is 1. The van der Waals surface area contributed by atoms with Gasteiger partial charge in [-0.05, 0) is 61.8 Å². The third kappa shape index (κ3) is 8.23. The second kappa shape index (κ2) is 15.6. The number of aromatic nitrogens is 6. The van der Waals surface area contributed by atoms with E-state index in [0.29, 0.717) is 71.2 Å². The van der Waals surface area contributed by atoms with Crippen LogP contribution < -0.4 is 25.6 Å². The standard InChI is InChI=1S/C35H42BrN10O6P/c1-8-46-21-22(19-40-46)23-17-27(29(49-5)18-28(23)44-13-15-45(16-14-44)34(47)52-35(2,3)4)42-33-39-20-24(36)32(43-33)41-26-10-9-25-30(38-12-11-37-25)31(26)53(48,50-6)51-7/h9-12,17-21H,8,13-16H2,1-7H3,(H2,39,41,42,43). The minimum absolute atomic E-state index is 0.217. The molecule has 280 valence electrons. The largest absolute Gasteiger partial charge is 0.494 e. The van der Waals surface area contributed by atoms with Gasteiger partial charge in [0.05, 0.1) is 34.7 Å². The number of aryl methyl sites for hydroxylation is 1. The van der Waals surface area contributed by atoms with Crippen LogP contribution in [0.1, 0.15) is 27.7 Å². The minimum atomic E-state index is -3.81. The predicted octanol–water partition coefficient (Wildman–Crippen LogP) is 6.73. The maximum absolute atomic E-state index is 13.8. The van der Waals surface area contributed by atoms with Crippen molar-refractivity contribution < 1.29 is 27.9 Å². The highest BCUT2D eigenvalue weighted by Gasteiger charge is 2.32. The molecular formula is C35H42BrN10O6P. The Labute approximate surface area is 315 Å². The molecule has 0 saturated carbocycles. The van der Waals surface area contributed by atoms with Crippen LogP contribution in [0.4, 0.5) is 33.6 Å². The summed E-state index contributed by atoms with van der Waals surface area (Å²) in [7, 11) is 0.424. The highest BCUT2D eigenvalue weighted by Crippen LogP contribution is 2.49. The number of hydrogen-bond donors (Lipinski definition) is 2. The van der Waals surface area contributed by atoms with Crippen molar-refractivity contribution in [1.82, 2.24) is 34.6 Å². The Balaban J connectivity index is 1.34. The molecule has 16 nitrogen and oxygen atoms in total. The molecule has 2 aromatic carbocycles. The molecule has 2 N–H and O–H groups in total. The number of rotatable bonds is 11. The molecular weight excluding hydrogens is 767 g/mol. The molecule has 18 heteroatoms. The SMILES string of the molecule is CCn1cc(-c2cc(Nc3ncc(Br)c(Nc4ccc5nccnc5c4P(=O)(OC)OC)n3)c(OC)cc2N2CCN(C(=O)OC(C)(C)C)CC2)cn1. The molecule has 3 aromatic heterocycles. The minimum Gasteiger partial charge on any atom is -0.494 e. The lowest BCUT2D eigenvalue weighted by atomic mass is 10.0. The van der Waals surface area contributed by atoms with Gasteiger partial charge in [-0.1, -0.05) is 0 Å². The Kier molecular flexibility index (Phi) is 11.2. The van der Waals surface area contributed by atoms with Gasteiger partial charge in [-0.2, -0.15) is 10.1 Å². The zero-order valence-corrected chi connectivity index (χ0v) is 33.1. The van der Waals surface area contributed by atoms with Crippen LogP contribution in [0.25, 0.3) is 22.2 Å². The van der Waals surface area contributed by atoms with E-state index in [4.69, 9.17) is 23.5 Å². The van der Waals surface area contributed by atoms with Crippen molar-refractivity contribution in [3.63, 3.8) is 0 Å². The number of halogens is 1. The van der Waals surface area contributed by atoms with Gasteiger partial charge in [-0.15, -0.1) is 0 Å². The van der Waals surface area contributed by atoms with Gasteiger partial charge in [0.1, 0.15) is 28.0 Å². The molecule has 0 unspecified atom stereocenters. The zero-order valence-electron chi connectivity index (χ0n) is 30.6. The molecule has 4 heterocycles. The molecule has 6 rings (SSSR count). The summed E-state index contributed by atoms with van der Waals surface area (Å²) in [6.45, 7) is 10.5. The topological polar surface area (TPSA) is 171 Å². The number of methoxy groups -OCH3 is 1. The molecule has 0 spiro atoms. The van der Waals surface area contributed by atoms with Gasteiger partial charge in [0.15, 0.2) is 0 Å². The normalized spacial score (nSPS) is 13.7. The van der Waals surface area contributed by atoms with Gasteiger partial charge in [0.2, 0.25) is 5.95 Å². The van der Waals surface area contributed by atoms with Crippen LogP contribution in [0.15, 0.2) is 59.7 Å². The van der Waals surface area contributed by atoms with Crippen LogP contribution in [0, 0.1) is 0 Å². The third-order valence-electron chi connectivity index (χ3n) is 8.47. The molecule has 0 radical (unpaired) electrons. The first-order valence-electron chi connectivity index (χ1n) is 16.9. The summed E-state index contributed by atoms with van der Waals surface area (Å²) in [6.07, 6.45) is 8.17. The summed E-state index contributed by atoms with van der Waals surface area (Å²) in [4.78, 5) is 34.8. The van der Waals surface area contributed by atoms with Crippen LogP contribution in [-0.4, -0.2) is 93.8 Å². The second-order valence-electron chi connectivity index (χ2n) is 13.0. The third-order valence-corrected chi connectivity index (χ3v) is 11.0. The van der Waals surface area contributed by atoms with Gasteiger partial charge < -0.3 is 39.0 Å². The molecule has 0 aliphatic carbocycles. The van der Waals surface area contributed by atoms with E-state index < -0.39 is 13.2 Å². The summed E-state index contributed by atoms with van der Waals surface area (Å²) in [5.74, 6) is 1.18. The first kappa shape index (κ1) is 37.9. The first-order valence-corrected chi connectivity index (χ1v) is 19.2. The van der Waals surface area contributed by atoms with Crippen molar-refractivity contribution >= 4 is 74.8 Å². The average Bonchev–Trinajstić information content (AvgIpc) is 3.64. The van der Waals surface area contributed by atoms with E-state index >= 15 is 0 Å². The Bertz CT molecular complexity index is 2160. The number of fused-ring (bicyclic) bond motifs is 1. The number of nitrogens with zero attached hydrogens (tertiary/aromatic N) is 8. The number of hydrogen-bond acceptors (Lipinski definition) is 14. The number of amides is 1. The summed E-state index contributed by atoms with van der Waals surface area (Å²) in [5.41, 5.74) is 4.08. The monoisotopic (exact) mass is 808 g/mol. The highest BCUT2D eigenvalue weighted by atomic mass is 79.9. The number of nitrogens with one attached hydrogen (secondary N) is 2. The van der Waals surface area contributed by atoms with Crippen LogP contribution in [0.5, 0.6) is 5.75 Å². The number of piperazine rings is 1. The van der Waals surface area contributed by atoms with Crippen molar-refractivity contribution in [3.8, 4) is 16.9 Å². The van der Waals surface area contributed by atoms with Gasteiger partial charge in [-0.3, -0.25) is 19.2 Å². The Morgan fingerprint density at radius 1 is 0.962 bits per heavy atom. The number of carbonyl (C=O) groups excluding carboxylic acids is 1. The van der Waals surface area contributed by atoms with Gasteiger partial charge in [-0.25, -0.2) is 9.78 Å². The number of benzene rings is 2. The molecule has 1 amide bonds. The summed E-state index contributed by atoms with van der Waals surface area (Å²) < 4.78 is 38.5. The summed E-state index contributed by atoms with van der Waals surface area (Å²) in [6, 6.07) is 7.43. The quantitative estimate of drug-likeness (QED) is 0.135. The fourth-order valence-electron chi connectivity index (χ4n) is 5.88. The van der Waals surface area contributed by atoms with Gasteiger partial charge in [0.25, 0.3) is 0 Å². The number of anilines is 5. The van der Waals surface area contributed by atoms with E-state index in [2.05, 4.69) is 51.5 Å². The van der Waals surface area contributed by atoms with Crippen molar-refractivity contribution in [2.45, 2.75) is 39.8 Å². The fourth-order valence-corrected chi connectivity index (χ4v) is 7.54. The van der Waals surface area contributed by atoms with Crippen molar-refractivity contribution in [1.29, 1.82) is 0 Å². The van der Waals surface area contributed by atoms with Gasteiger partial charge >= 0.3 is 13.7 Å². The van der Waals surface area contributed by atoms with E-state index in [1.807, 2.05) is 56.9 Å². The highest BCUT2D eigenvalue weighted by molar-refractivity contribution is 9.10. The van der Waals surface area contributed by atoms with E-state index in [1.54, 1.807) is 36.5 Å². The Hall–Kier alpha value is -4.83. The van der Waals surface area contributed by atoms with Crippen LogP contribution in [-0.2, 0) is 24.9 Å². The fraction of sp³-hybridized carbons (Fsp3) is 0.371. The maximum Gasteiger partial charge on any atom is 0.410 e. The molecule has 1 saturated heterocycles. The number of ether oxygens (including phenoxy) is 2. The molecule has 0 bridgehead atoms. The first-order chi connectivity index (χ1) is 25.4. The lowest BCUT2D eigenvalue weighted by Crippen LogP contribution is -2.50. The van der Waals surface area contributed by atoms with Crippen molar-refractivity contribution in [2.75, 3.05) is 63.0 Å². The maximum atomic E-state index is 13.8. The van der Waals surface area contributed by atoms with E-state index in [1.165, 1.54) is 20.4 Å². The molecule has 5 aromatic rings. The second-order valence-corrected chi connectivity index (χ2v) is 16.0. The summed E-state index contributed by atoms with van der Waals surface area (Å²) >= 11 is 3.55. The average molecular weight is 810 g/mol. The molecule has 53 heavy (non-hydrogen) atoms. The predicted molar refractivity (Wildman–Crippen MR) is 207 cm³/mol. The van der Waals surface area contributed by atoms with Crippen molar-refractivity contribution in [2.24, 2.45) is 0 Å². The molecule has 1 fully saturated rings. The molecule has 0 atom stereocenters. The van der Waals surface area contributed by atoms with Crippen LogP contribution >= 0.6 is 23.5 Å². The smallest absolute Gasteiger partial charge is 0.410 e. The lowest BCUT2D eigenvalue weighted by molar-refractivity contribution is 0.0240. The Morgan fingerprint density at radius 3 is 2.36 bits per heavy atom. The summed E-state index contributed by atoms with van der Waals surface area (Å²) in [5, 5.41) is 11.3. The van der Waals surface area contributed by atoms with Crippen molar-refractivity contribution in [3.05, 3.63) is 59.7 Å². The molecule has 1 aliphatic heterocycles. The van der Waals surface area contributed by atoms with Crippen LogP contribution in [0.3, 0.4) is 0 Å². The molecule has 1 aliphatic rings. The van der Waals surface area contributed by atoms with E-state index in [0.717, 1.165) is 16.8 Å².